The number of aromatic nitrogens is 3. The molecule has 0 saturated heterocycles. The van der Waals surface area contributed by atoms with Crippen LogP contribution in [0.2, 0.25) is 0 Å². The van der Waals surface area contributed by atoms with Crippen LogP contribution in [0, 0.1) is 120 Å². The van der Waals surface area contributed by atoms with Gasteiger partial charge in [-0.15, -0.1) is 0 Å². The van der Waals surface area contributed by atoms with Gasteiger partial charge in [0, 0.05) is 148 Å². The largest absolute Gasteiger partial charge is 0.471 e. The maximum Gasteiger partial charge on any atom is 0.348 e. The van der Waals surface area contributed by atoms with Crippen LogP contribution in [-0.2, 0) is 57.6 Å². The van der Waals surface area contributed by atoms with E-state index < -0.39 is 11.9 Å². The summed E-state index contributed by atoms with van der Waals surface area (Å²) in [4.78, 5) is 38.8. The van der Waals surface area contributed by atoms with Crippen molar-refractivity contribution in [3.05, 3.63) is 90.2 Å². The molecule has 3 aromatic heterocycles. The van der Waals surface area contributed by atoms with Crippen molar-refractivity contribution in [1.29, 1.82) is 5.26 Å². The fraction of sp³-hybridized carbons (Fsp3) is 0.474. The molecule has 0 unspecified atom stereocenters. The molecule has 0 saturated carbocycles. The molecule has 11 nitrogen and oxygen atoms in total. The molecular weight excluding hydrogens is 1080 g/mol. The Hall–Kier alpha value is -1.96. The van der Waals surface area contributed by atoms with Gasteiger partial charge in [0.25, 0.3) is 5.70 Å². The summed E-state index contributed by atoms with van der Waals surface area (Å²) in [6.07, 6.45) is 8.10. The van der Waals surface area contributed by atoms with Crippen LogP contribution in [0.5, 0.6) is 0 Å². The first kappa shape index (κ1) is 47.1. The van der Waals surface area contributed by atoms with Gasteiger partial charge in [0.15, 0.2) is 0 Å². The Bertz CT molecular complexity index is 1780. The first-order valence-corrected chi connectivity index (χ1v) is 17.0. The number of H-pyrrole nitrogens is 3. The van der Waals surface area contributed by atoms with Crippen LogP contribution < -0.4 is 0 Å². The molecule has 268 valence electrons. The summed E-state index contributed by atoms with van der Waals surface area (Å²) in [6.45, 7) is 19.5. The van der Waals surface area contributed by atoms with Crippen LogP contribution in [-0.4, -0.2) is 63.5 Å². The molecule has 3 rings (SSSR count). The number of hydrogen-bond donors (Lipinski definition) is 5. The standard InChI is InChI=1S/C38H49N5O6.2Ac/c1-8-26-27(9-2)33(43-32(26)18-25(22-39)37(46)48-10-3)21-35-29(15-13-17-45)23(5)30(41-35)19-34-28(14-12-16-44)24(6)31(42-34)20-36(40-7)38(47)49-11-4;;/h18,20,41-45H,8-17,19,21H2,1-6H3;;/b25-18+,36-20-;;. The van der Waals surface area contributed by atoms with Crippen molar-refractivity contribution in [2.24, 2.45) is 0 Å². The van der Waals surface area contributed by atoms with Crippen molar-refractivity contribution in [2.75, 3.05) is 26.4 Å². The summed E-state index contributed by atoms with van der Waals surface area (Å²) >= 11 is 0. The predicted molar refractivity (Wildman–Crippen MR) is 188 cm³/mol. The monoisotopic (exact) mass is 1130 g/mol. The van der Waals surface area contributed by atoms with Crippen LogP contribution in [0.1, 0.15) is 108 Å². The molecule has 0 fully saturated rings. The molecule has 0 bridgehead atoms. The van der Waals surface area contributed by atoms with Crippen LogP contribution in [0.3, 0.4) is 0 Å². The average molecular weight is 1130 g/mol. The quantitative estimate of drug-likeness (QED) is 0.0469. The number of aliphatic hydroxyl groups excluding tert-OH is 2. The second-order valence-electron chi connectivity index (χ2n) is 11.7. The summed E-state index contributed by atoms with van der Waals surface area (Å²) in [6, 6.07) is 1.98. The minimum Gasteiger partial charge on any atom is -0.471 e. The van der Waals surface area contributed by atoms with E-state index in [0.717, 1.165) is 68.3 Å². The van der Waals surface area contributed by atoms with Crippen LogP contribution in [0.25, 0.3) is 17.0 Å². The van der Waals surface area contributed by atoms with Gasteiger partial charge in [-0.3, -0.25) is 4.79 Å². The van der Waals surface area contributed by atoms with E-state index in [-0.39, 0.29) is 126 Å². The van der Waals surface area contributed by atoms with Gasteiger partial charge in [-0.05, 0) is 112 Å². The predicted octanol–water partition coefficient (Wildman–Crippen LogP) is 5.74. The molecule has 0 aliphatic heterocycles. The number of hydrogen-bond acceptors (Lipinski definition) is 7. The molecule has 13 heteroatoms. The van der Waals surface area contributed by atoms with E-state index in [4.69, 9.17) is 16.0 Å². The zero-order valence-electron chi connectivity index (χ0n) is 30.7. The summed E-state index contributed by atoms with van der Waals surface area (Å²) in [5, 5.41) is 29.0. The molecule has 0 amide bonds. The number of aromatic amines is 3. The van der Waals surface area contributed by atoms with Gasteiger partial charge in [-0.25, -0.2) is 9.64 Å². The van der Waals surface area contributed by atoms with Gasteiger partial charge >= 0.3 is 11.9 Å². The van der Waals surface area contributed by atoms with E-state index >= 15 is 0 Å². The summed E-state index contributed by atoms with van der Waals surface area (Å²) < 4.78 is 10.1. The molecule has 0 spiro atoms. The molecule has 5 N–H and O–H groups in total. The van der Waals surface area contributed by atoms with Gasteiger partial charge < -0.3 is 34.6 Å². The number of esters is 2. The Labute approximate surface area is 373 Å². The smallest absolute Gasteiger partial charge is 0.348 e. The first-order chi connectivity index (χ1) is 23.6. The van der Waals surface area contributed by atoms with Gasteiger partial charge in [0.05, 0.1) is 19.8 Å². The fourth-order valence-corrected chi connectivity index (χ4v) is 6.38. The summed E-state index contributed by atoms with van der Waals surface area (Å²) in [5.41, 5.74) is 11.4. The number of nitrogens with zero attached hydrogens (tertiary/aromatic N) is 2. The van der Waals surface area contributed by atoms with Crippen molar-refractivity contribution in [3.63, 3.8) is 0 Å². The van der Waals surface area contributed by atoms with Crippen LogP contribution in [0.4, 0.5) is 0 Å². The topological polar surface area (TPSA) is 169 Å². The van der Waals surface area contributed by atoms with Crippen LogP contribution >= 0.6 is 0 Å². The molecule has 0 aliphatic carbocycles. The van der Waals surface area contributed by atoms with E-state index in [1.54, 1.807) is 19.9 Å². The third-order valence-corrected chi connectivity index (χ3v) is 8.79. The van der Waals surface area contributed by atoms with Gasteiger partial charge in [0.2, 0.25) is 0 Å². The van der Waals surface area contributed by atoms with Crippen LogP contribution in [0.15, 0.2) is 11.3 Å². The number of rotatable bonds is 18. The molecule has 3 heterocycles. The van der Waals surface area contributed by atoms with Crippen molar-refractivity contribution < 1.29 is 117 Å². The number of nitrogens with one attached hydrogen (secondary N) is 3. The number of ether oxygens (including phenoxy) is 2. The Morgan fingerprint density at radius 3 is 1.78 bits per heavy atom. The Morgan fingerprint density at radius 1 is 0.745 bits per heavy atom. The van der Waals surface area contributed by atoms with Crippen molar-refractivity contribution in [3.8, 4) is 6.07 Å². The second-order valence-corrected chi connectivity index (χ2v) is 11.7. The Kier molecular flexibility index (Phi) is 21.8. The van der Waals surface area contributed by atoms with Crippen molar-refractivity contribution in [1.82, 2.24) is 15.0 Å². The normalized spacial score (nSPS) is 11.3. The average Bonchev–Trinajstić information content (AvgIpc) is 3.69. The molecule has 3 aromatic rings. The molecule has 2 radical (unpaired) electrons. The van der Waals surface area contributed by atoms with E-state index in [1.807, 2.05) is 19.9 Å². The molecule has 0 aliphatic rings. The first-order valence-electron chi connectivity index (χ1n) is 17.0. The number of carbonyl (C=O) groups excluding carboxylic acids is 2. The zero-order valence-corrected chi connectivity index (χ0v) is 40.2. The second kappa shape index (κ2) is 23.7. The maximum absolute atomic E-state index is 12.4. The summed E-state index contributed by atoms with van der Waals surface area (Å²) in [5.74, 6) is -1.33. The van der Waals surface area contributed by atoms with E-state index in [0.29, 0.717) is 50.6 Å². The maximum atomic E-state index is 12.4. The van der Waals surface area contributed by atoms with E-state index in [2.05, 4.69) is 33.6 Å². The molecule has 51 heavy (non-hydrogen) atoms. The van der Waals surface area contributed by atoms with E-state index in [1.165, 1.54) is 6.08 Å². The van der Waals surface area contributed by atoms with Gasteiger partial charge in [-0.1, -0.05) is 13.8 Å². The number of carbonyl (C=O) groups is 2. The third kappa shape index (κ3) is 12.0. The summed E-state index contributed by atoms with van der Waals surface area (Å²) in [7, 11) is 0. The Morgan fingerprint density at radius 2 is 1.25 bits per heavy atom. The molecule has 0 atom stereocenters. The Balaban J connectivity index is 0.00000650. The third-order valence-electron chi connectivity index (χ3n) is 8.79. The number of aliphatic hydroxyl groups is 2. The van der Waals surface area contributed by atoms with E-state index in [9.17, 15) is 25.1 Å². The zero-order chi connectivity index (χ0) is 36.1. The van der Waals surface area contributed by atoms with Crippen molar-refractivity contribution in [2.45, 2.75) is 92.9 Å². The minimum atomic E-state index is -0.672. The fourth-order valence-electron chi connectivity index (χ4n) is 6.38. The van der Waals surface area contributed by atoms with Gasteiger partial charge in [-0.2, -0.15) is 5.26 Å². The number of nitriles is 1. The van der Waals surface area contributed by atoms with Crippen molar-refractivity contribution >= 4 is 24.1 Å². The van der Waals surface area contributed by atoms with Gasteiger partial charge in [0.1, 0.15) is 11.6 Å². The minimum absolute atomic E-state index is 0. The molecule has 0 aromatic carbocycles. The SMILES string of the molecule is [Ac].[Ac].[C-]#[N+]/C(=C\c1[nH]c(Cc2[nH]c(Cc3[nH]c(/C=C(\C#N)C(=O)OCC)c(CC)c3CC)c(CCCO)c2C)c(CCCO)c1C)C(=O)OCC. The molecular formula is C38H49Ac2N5O6.